The number of nitrogens with zero attached hydrogens (tertiary/aromatic N) is 2. The second-order valence-corrected chi connectivity index (χ2v) is 6.07. The Balaban J connectivity index is 1.53. The molecule has 2 aliphatic rings. The van der Waals surface area contributed by atoms with Crippen molar-refractivity contribution in [2.75, 3.05) is 25.4 Å². The number of aromatic nitrogens is 1. The third kappa shape index (κ3) is 3.04. The topological polar surface area (TPSA) is 71.2 Å². The number of carbonyl (C=O) groups is 1. The first-order valence-electron chi connectivity index (χ1n) is 7.07. The minimum absolute atomic E-state index is 0.170. The van der Waals surface area contributed by atoms with E-state index >= 15 is 0 Å². The van der Waals surface area contributed by atoms with Crippen LogP contribution in [0.5, 0.6) is 0 Å². The fourth-order valence-electron chi connectivity index (χ4n) is 2.77. The third-order valence-electron chi connectivity index (χ3n) is 4.08. The Bertz CT molecular complexity index is 518. The highest BCUT2D eigenvalue weighted by Gasteiger charge is 2.34. The average Bonchev–Trinajstić information content (AvgIpc) is 3.18. The number of nitrogens with two attached hydrogens (primary N) is 1. The molecule has 20 heavy (non-hydrogen) atoms. The van der Waals surface area contributed by atoms with Crippen molar-refractivity contribution in [1.82, 2.24) is 15.2 Å². The molecule has 108 valence electrons. The number of carbonyl (C=O) groups excluding carboxylic acids is 1. The first-order chi connectivity index (χ1) is 9.63. The van der Waals surface area contributed by atoms with Gasteiger partial charge in [-0.1, -0.05) is 11.6 Å². The summed E-state index contributed by atoms with van der Waals surface area (Å²) in [5.41, 5.74) is 6.52. The Hall–Kier alpha value is -1.33. The average molecular weight is 295 g/mol. The number of likely N-dealkylation sites (tertiary alicyclic amines) is 1. The number of amides is 1. The molecule has 3 rings (SSSR count). The quantitative estimate of drug-likeness (QED) is 0.826. The summed E-state index contributed by atoms with van der Waals surface area (Å²) in [7, 11) is 0. The Kier molecular flexibility index (Phi) is 3.81. The van der Waals surface area contributed by atoms with Gasteiger partial charge in [-0.3, -0.25) is 4.79 Å². The molecule has 2 heterocycles. The number of halogens is 1. The van der Waals surface area contributed by atoms with E-state index in [-0.39, 0.29) is 11.1 Å². The van der Waals surface area contributed by atoms with Gasteiger partial charge < -0.3 is 16.0 Å². The van der Waals surface area contributed by atoms with Crippen molar-refractivity contribution in [3.05, 3.63) is 23.0 Å². The molecule has 1 unspecified atom stereocenters. The molecule has 6 heteroatoms. The maximum atomic E-state index is 12.1. The van der Waals surface area contributed by atoms with Gasteiger partial charge in [0, 0.05) is 19.1 Å². The molecule has 0 radical (unpaired) electrons. The second kappa shape index (κ2) is 5.58. The third-order valence-corrected chi connectivity index (χ3v) is 4.28. The standard InChI is InChI=1S/C14H19ClN4O/c15-13-5-11(12(16)7-17-13)14(20)18-6-9-3-4-19(8-9)10-1-2-10/h5,7,9-10H,1-4,6,8,16H2,(H,18,20). The molecule has 0 aromatic carbocycles. The van der Waals surface area contributed by atoms with E-state index in [0.29, 0.717) is 23.7 Å². The predicted molar refractivity (Wildman–Crippen MR) is 78.7 cm³/mol. The Morgan fingerprint density at radius 1 is 1.50 bits per heavy atom. The predicted octanol–water partition coefficient (Wildman–Crippen LogP) is 1.53. The van der Waals surface area contributed by atoms with Crippen LogP contribution in [0.4, 0.5) is 5.69 Å². The van der Waals surface area contributed by atoms with Crippen molar-refractivity contribution in [2.24, 2.45) is 5.92 Å². The summed E-state index contributed by atoms with van der Waals surface area (Å²) in [4.78, 5) is 18.5. The van der Waals surface area contributed by atoms with Gasteiger partial charge in [0.05, 0.1) is 17.4 Å². The van der Waals surface area contributed by atoms with Crippen molar-refractivity contribution in [2.45, 2.75) is 25.3 Å². The summed E-state index contributed by atoms with van der Waals surface area (Å²) in [6.45, 7) is 2.95. The summed E-state index contributed by atoms with van der Waals surface area (Å²) in [6, 6.07) is 2.32. The van der Waals surface area contributed by atoms with E-state index in [4.69, 9.17) is 17.3 Å². The van der Waals surface area contributed by atoms with Crippen molar-refractivity contribution in [3.63, 3.8) is 0 Å². The molecule has 1 amide bonds. The number of nitrogen functional groups attached to an aromatic ring is 1. The molecular formula is C14H19ClN4O. The monoisotopic (exact) mass is 294 g/mol. The van der Waals surface area contributed by atoms with Crippen LogP contribution >= 0.6 is 11.6 Å². The number of anilines is 1. The molecule has 1 atom stereocenters. The zero-order valence-electron chi connectivity index (χ0n) is 11.3. The molecule has 0 bridgehead atoms. The molecule has 0 spiro atoms. The van der Waals surface area contributed by atoms with Crippen LogP contribution in [0.1, 0.15) is 29.6 Å². The molecule has 1 aliphatic heterocycles. The van der Waals surface area contributed by atoms with E-state index in [9.17, 15) is 4.79 Å². The number of hydrogen-bond acceptors (Lipinski definition) is 4. The van der Waals surface area contributed by atoms with Crippen LogP contribution in [0.3, 0.4) is 0 Å². The number of hydrogen-bond donors (Lipinski definition) is 2. The van der Waals surface area contributed by atoms with Gasteiger partial charge in [0.2, 0.25) is 0 Å². The minimum atomic E-state index is -0.170. The van der Waals surface area contributed by atoms with Crippen LogP contribution in [0.25, 0.3) is 0 Å². The molecule has 5 nitrogen and oxygen atoms in total. The summed E-state index contributed by atoms with van der Waals surface area (Å²) in [5.74, 6) is 0.370. The van der Waals surface area contributed by atoms with Gasteiger partial charge in [-0.2, -0.15) is 0 Å². The van der Waals surface area contributed by atoms with E-state index in [1.807, 2.05) is 0 Å². The van der Waals surface area contributed by atoms with Crippen LogP contribution in [0, 0.1) is 5.92 Å². The SMILES string of the molecule is Nc1cnc(Cl)cc1C(=O)NCC1CCN(C2CC2)C1. The van der Waals surface area contributed by atoms with Gasteiger partial charge in [-0.25, -0.2) is 4.98 Å². The summed E-state index contributed by atoms with van der Waals surface area (Å²) < 4.78 is 0. The fraction of sp³-hybridized carbons (Fsp3) is 0.571. The van der Waals surface area contributed by atoms with Crippen LogP contribution in [-0.2, 0) is 0 Å². The molecular weight excluding hydrogens is 276 g/mol. The first kappa shape index (κ1) is 13.6. The van der Waals surface area contributed by atoms with Crippen LogP contribution < -0.4 is 11.1 Å². The maximum absolute atomic E-state index is 12.1. The lowest BCUT2D eigenvalue weighted by Crippen LogP contribution is -2.32. The van der Waals surface area contributed by atoms with E-state index in [2.05, 4.69) is 15.2 Å². The van der Waals surface area contributed by atoms with Crippen molar-refractivity contribution < 1.29 is 4.79 Å². The van der Waals surface area contributed by atoms with Gasteiger partial charge in [-0.05, 0) is 37.8 Å². The molecule has 1 aromatic heterocycles. The van der Waals surface area contributed by atoms with Gasteiger partial charge in [-0.15, -0.1) is 0 Å². The first-order valence-corrected chi connectivity index (χ1v) is 7.44. The van der Waals surface area contributed by atoms with E-state index in [1.165, 1.54) is 25.1 Å². The smallest absolute Gasteiger partial charge is 0.253 e. The van der Waals surface area contributed by atoms with Gasteiger partial charge in [0.15, 0.2) is 0 Å². The van der Waals surface area contributed by atoms with Crippen LogP contribution in [0.2, 0.25) is 5.15 Å². The lowest BCUT2D eigenvalue weighted by Gasteiger charge is -2.15. The summed E-state index contributed by atoms with van der Waals surface area (Å²) in [5, 5.41) is 3.24. The molecule has 1 aliphatic carbocycles. The molecule has 1 saturated heterocycles. The molecule has 1 aromatic rings. The zero-order chi connectivity index (χ0) is 14.1. The Labute approximate surface area is 123 Å². The van der Waals surface area contributed by atoms with Crippen LogP contribution in [0.15, 0.2) is 12.3 Å². The van der Waals surface area contributed by atoms with Crippen molar-refractivity contribution in [1.29, 1.82) is 0 Å². The van der Waals surface area contributed by atoms with E-state index < -0.39 is 0 Å². The highest BCUT2D eigenvalue weighted by Crippen LogP contribution is 2.31. The number of pyridine rings is 1. The normalized spacial score (nSPS) is 22.9. The van der Waals surface area contributed by atoms with Crippen molar-refractivity contribution in [3.8, 4) is 0 Å². The maximum Gasteiger partial charge on any atom is 0.253 e. The number of nitrogens with one attached hydrogen (secondary N) is 1. The lowest BCUT2D eigenvalue weighted by molar-refractivity contribution is 0.0948. The van der Waals surface area contributed by atoms with Gasteiger partial charge >= 0.3 is 0 Å². The van der Waals surface area contributed by atoms with Crippen molar-refractivity contribution >= 4 is 23.2 Å². The fourth-order valence-corrected chi connectivity index (χ4v) is 2.93. The zero-order valence-corrected chi connectivity index (χ0v) is 12.1. The molecule has 1 saturated carbocycles. The van der Waals surface area contributed by atoms with Crippen LogP contribution in [-0.4, -0.2) is 41.5 Å². The molecule has 2 fully saturated rings. The second-order valence-electron chi connectivity index (χ2n) is 5.69. The largest absolute Gasteiger partial charge is 0.397 e. The number of rotatable bonds is 4. The van der Waals surface area contributed by atoms with E-state index in [1.54, 1.807) is 0 Å². The summed E-state index contributed by atoms with van der Waals surface area (Å²) in [6.07, 6.45) is 5.25. The lowest BCUT2D eigenvalue weighted by atomic mass is 10.1. The van der Waals surface area contributed by atoms with Gasteiger partial charge in [0.1, 0.15) is 5.15 Å². The Morgan fingerprint density at radius 2 is 2.30 bits per heavy atom. The Morgan fingerprint density at radius 3 is 3.05 bits per heavy atom. The van der Waals surface area contributed by atoms with E-state index in [0.717, 1.165) is 25.6 Å². The highest BCUT2D eigenvalue weighted by molar-refractivity contribution is 6.29. The summed E-state index contributed by atoms with van der Waals surface area (Å²) >= 11 is 5.80. The highest BCUT2D eigenvalue weighted by atomic mass is 35.5. The van der Waals surface area contributed by atoms with Gasteiger partial charge in [0.25, 0.3) is 5.91 Å². The molecule has 3 N–H and O–H groups in total. The minimum Gasteiger partial charge on any atom is -0.397 e.